The molecule has 0 spiro atoms. The fourth-order valence-corrected chi connectivity index (χ4v) is 0.744. The van der Waals surface area contributed by atoms with Crippen LogP contribution < -0.4 is 0 Å². The molecule has 0 unspecified atom stereocenters. The van der Waals surface area contributed by atoms with E-state index in [0.717, 1.165) is 4.90 Å². The van der Waals surface area contributed by atoms with Crippen molar-refractivity contribution >= 4 is 12.1 Å². The highest BCUT2D eigenvalue weighted by molar-refractivity contribution is 5.77. The zero-order valence-corrected chi connectivity index (χ0v) is 8.52. The largest absolute Gasteiger partial charge is 0.480 e. The molecule has 0 rings (SSSR count). The average molecular weight is 211 g/mol. The third kappa shape index (κ3) is 6.16. The maximum atomic E-state index is 11.3. The lowest BCUT2D eigenvalue weighted by atomic mass is 10.5. The van der Waals surface area contributed by atoms with Gasteiger partial charge in [-0.1, -0.05) is 18.6 Å². The Morgan fingerprint density at radius 1 is 1.60 bits per heavy atom. The number of rotatable bonds is 5. The first-order chi connectivity index (χ1) is 7.11. The van der Waals surface area contributed by atoms with Crippen LogP contribution in [0, 0.1) is 11.8 Å². The van der Waals surface area contributed by atoms with E-state index in [4.69, 9.17) is 5.11 Å². The van der Waals surface area contributed by atoms with Crippen molar-refractivity contribution in [1.82, 2.24) is 4.90 Å². The van der Waals surface area contributed by atoms with E-state index in [1.165, 1.54) is 6.08 Å². The highest BCUT2D eigenvalue weighted by Crippen LogP contribution is 1.93. The topological polar surface area (TPSA) is 66.8 Å². The van der Waals surface area contributed by atoms with Crippen molar-refractivity contribution in [2.24, 2.45) is 0 Å². The standard InChI is InChI=1S/C10H13NO4/c1-3-5-6-11(8-9(12)13)10(14)15-7-4-2/h4H,2,6-8H2,1H3,(H,12,13). The molecule has 1 amide bonds. The Hall–Kier alpha value is -1.96. The minimum absolute atomic E-state index is 0.0405. The summed E-state index contributed by atoms with van der Waals surface area (Å²) in [5.41, 5.74) is 0. The summed E-state index contributed by atoms with van der Waals surface area (Å²) in [5, 5.41) is 8.54. The van der Waals surface area contributed by atoms with Crippen LogP contribution in [0.5, 0.6) is 0 Å². The van der Waals surface area contributed by atoms with E-state index in [0.29, 0.717) is 0 Å². The maximum Gasteiger partial charge on any atom is 0.411 e. The Labute approximate surface area is 88.3 Å². The third-order valence-electron chi connectivity index (χ3n) is 1.36. The van der Waals surface area contributed by atoms with E-state index in [1.54, 1.807) is 6.92 Å². The van der Waals surface area contributed by atoms with Gasteiger partial charge in [0, 0.05) is 0 Å². The van der Waals surface area contributed by atoms with Gasteiger partial charge in [-0.3, -0.25) is 9.69 Å². The molecule has 5 nitrogen and oxygen atoms in total. The van der Waals surface area contributed by atoms with Crippen LogP contribution in [-0.4, -0.2) is 41.8 Å². The molecule has 0 saturated heterocycles. The second-order valence-electron chi connectivity index (χ2n) is 2.54. The number of ether oxygens (including phenoxy) is 1. The van der Waals surface area contributed by atoms with Crippen LogP contribution >= 0.6 is 0 Å². The van der Waals surface area contributed by atoms with E-state index in [9.17, 15) is 9.59 Å². The minimum Gasteiger partial charge on any atom is -0.480 e. The monoisotopic (exact) mass is 211 g/mol. The molecule has 0 aliphatic heterocycles. The smallest absolute Gasteiger partial charge is 0.411 e. The van der Waals surface area contributed by atoms with E-state index in [-0.39, 0.29) is 13.2 Å². The number of carbonyl (C=O) groups excluding carboxylic acids is 1. The van der Waals surface area contributed by atoms with Gasteiger partial charge in [0.2, 0.25) is 0 Å². The quantitative estimate of drug-likeness (QED) is 0.537. The number of hydrogen-bond donors (Lipinski definition) is 1. The molecular formula is C10H13NO4. The predicted octanol–water partition coefficient (Wildman–Crippen LogP) is 0.719. The summed E-state index contributed by atoms with van der Waals surface area (Å²) in [4.78, 5) is 22.7. The second-order valence-corrected chi connectivity index (χ2v) is 2.54. The first kappa shape index (κ1) is 13.0. The summed E-state index contributed by atoms with van der Waals surface area (Å²) >= 11 is 0. The van der Waals surface area contributed by atoms with Crippen molar-refractivity contribution in [2.45, 2.75) is 6.92 Å². The normalized spacial score (nSPS) is 8.33. The molecule has 0 aromatic heterocycles. The molecule has 0 radical (unpaired) electrons. The number of hydrogen-bond acceptors (Lipinski definition) is 3. The lowest BCUT2D eigenvalue weighted by molar-refractivity contribution is -0.137. The number of nitrogens with zero attached hydrogens (tertiary/aromatic N) is 1. The van der Waals surface area contributed by atoms with Crippen LogP contribution in [0.2, 0.25) is 0 Å². The van der Waals surface area contributed by atoms with Gasteiger partial charge in [-0.15, -0.1) is 5.92 Å². The Bertz CT molecular complexity index is 300. The van der Waals surface area contributed by atoms with E-state index in [2.05, 4.69) is 23.2 Å². The molecule has 5 heteroatoms. The van der Waals surface area contributed by atoms with Crippen LogP contribution in [0.15, 0.2) is 12.7 Å². The van der Waals surface area contributed by atoms with Gasteiger partial charge in [0.15, 0.2) is 0 Å². The first-order valence-electron chi connectivity index (χ1n) is 4.25. The fraction of sp³-hybridized carbons (Fsp3) is 0.400. The Morgan fingerprint density at radius 2 is 2.27 bits per heavy atom. The van der Waals surface area contributed by atoms with Gasteiger partial charge in [0.25, 0.3) is 0 Å². The highest BCUT2D eigenvalue weighted by Gasteiger charge is 2.16. The summed E-state index contributed by atoms with van der Waals surface area (Å²) in [6.07, 6.45) is 0.697. The van der Waals surface area contributed by atoms with Gasteiger partial charge >= 0.3 is 12.1 Å². The fourth-order valence-electron chi connectivity index (χ4n) is 0.744. The molecule has 0 atom stereocenters. The molecule has 15 heavy (non-hydrogen) atoms. The summed E-state index contributed by atoms with van der Waals surface area (Å²) in [6.45, 7) is 4.64. The molecule has 0 aliphatic rings. The zero-order valence-electron chi connectivity index (χ0n) is 8.52. The minimum atomic E-state index is -1.11. The number of amides is 1. The zero-order chi connectivity index (χ0) is 11.7. The van der Waals surface area contributed by atoms with Gasteiger partial charge in [-0.05, 0) is 6.92 Å². The van der Waals surface area contributed by atoms with Gasteiger partial charge in [-0.2, -0.15) is 0 Å². The summed E-state index contributed by atoms with van der Waals surface area (Å²) < 4.78 is 4.69. The maximum absolute atomic E-state index is 11.3. The molecule has 0 saturated carbocycles. The predicted molar refractivity (Wildman–Crippen MR) is 54.2 cm³/mol. The average Bonchev–Trinajstić information content (AvgIpc) is 2.20. The van der Waals surface area contributed by atoms with Crippen molar-refractivity contribution in [3.8, 4) is 11.8 Å². The third-order valence-corrected chi connectivity index (χ3v) is 1.36. The van der Waals surface area contributed by atoms with Crippen molar-refractivity contribution in [3.63, 3.8) is 0 Å². The Morgan fingerprint density at radius 3 is 2.73 bits per heavy atom. The van der Waals surface area contributed by atoms with Gasteiger partial charge < -0.3 is 9.84 Å². The molecular weight excluding hydrogens is 198 g/mol. The molecule has 0 fully saturated rings. The molecule has 0 aromatic rings. The van der Waals surface area contributed by atoms with Crippen molar-refractivity contribution in [2.75, 3.05) is 19.7 Å². The van der Waals surface area contributed by atoms with Crippen molar-refractivity contribution < 1.29 is 19.4 Å². The molecule has 0 bridgehead atoms. The van der Waals surface area contributed by atoms with Crippen LogP contribution in [0.4, 0.5) is 4.79 Å². The summed E-state index contributed by atoms with van der Waals surface area (Å²) in [7, 11) is 0. The van der Waals surface area contributed by atoms with Gasteiger partial charge in [0.05, 0.1) is 6.54 Å². The van der Waals surface area contributed by atoms with Crippen LogP contribution in [0.1, 0.15) is 6.92 Å². The van der Waals surface area contributed by atoms with E-state index in [1.807, 2.05) is 0 Å². The van der Waals surface area contributed by atoms with Gasteiger partial charge in [0.1, 0.15) is 13.2 Å². The first-order valence-corrected chi connectivity index (χ1v) is 4.25. The van der Waals surface area contributed by atoms with Crippen molar-refractivity contribution in [3.05, 3.63) is 12.7 Å². The number of carbonyl (C=O) groups is 2. The van der Waals surface area contributed by atoms with E-state index >= 15 is 0 Å². The molecule has 1 N–H and O–H groups in total. The lowest BCUT2D eigenvalue weighted by Gasteiger charge is -2.16. The van der Waals surface area contributed by atoms with E-state index < -0.39 is 18.6 Å². The van der Waals surface area contributed by atoms with Crippen LogP contribution in [0.25, 0.3) is 0 Å². The van der Waals surface area contributed by atoms with Crippen molar-refractivity contribution in [1.29, 1.82) is 0 Å². The molecule has 0 heterocycles. The molecule has 0 aliphatic carbocycles. The SMILES string of the molecule is C=CCOC(=O)N(CC#CC)CC(=O)O. The lowest BCUT2D eigenvalue weighted by Crippen LogP contribution is -2.36. The second kappa shape index (κ2) is 7.44. The Balaban J connectivity index is 4.30. The van der Waals surface area contributed by atoms with Crippen LogP contribution in [-0.2, 0) is 9.53 Å². The molecule has 82 valence electrons. The summed E-state index contributed by atoms with van der Waals surface area (Å²) in [5.74, 6) is 4.06. The molecule has 0 aromatic carbocycles. The van der Waals surface area contributed by atoms with Gasteiger partial charge in [-0.25, -0.2) is 4.79 Å². The van der Waals surface area contributed by atoms with Crippen LogP contribution in [0.3, 0.4) is 0 Å². The number of carboxylic acids is 1. The number of aliphatic carboxylic acids is 1. The highest BCUT2D eigenvalue weighted by atomic mass is 16.6. The Kier molecular flexibility index (Phi) is 6.47. The number of carboxylic acid groups (broad SMARTS) is 1. The summed E-state index contributed by atoms with van der Waals surface area (Å²) in [6, 6.07) is 0.